The van der Waals surface area contributed by atoms with Gasteiger partial charge in [-0.15, -0.1) is 0 Å². The van der Waals surface area contributed by atoms with Crippen molar-refractivity contribution in [2.75, 3.05) is 13.7 Å². The van der Waals surface area contributed by atoms with Crippen LogP contribution >= 0.6 is 0 Å². The summed E-state index contributed by atoms with van der Waals surface area (Å²) in [5.74, 6) is 1.02. The fraction of sp³-hybridized carbons (Fsp3) is 0.625. The summed E-state index contributed by atoms with van der Waals surface area (Å²) in [5.41, 5.74) is 2.77. The summed E-state index contributed by atoms with van der Waals surface area (Å²) in [7, 11) is 1.65. The number of hydrogen-bond acceptors (Lipinski definition) is 4. The van der Waals surface area contributed by atoms with Crippen LogP contribution in [0.1, 0.15) is 42.5 Å². The molecule has 1 atom stereocenters. The van der Waals surface area contributed by atoms with Crippen LogP contribution in [-0.2, 0) is 16.0 Å². The van der Waals surface area contributed by atoms with E-state index in [4.69, 9.17) is 9.47 Å². The van der Waals surface area contributed by atoms with Gasteiger partial charge in [0, 0.05) is 36.8 Å². The van der Waals surface area contributed by atoms with Gasteiger partial charge in [0.1, 0.15) is 11.5 Å². The van der Waals surface area contributed by atoms with E-state index in [0.29, 0.717) is 12.8 Å². The lowest BCUT2D eigenvalue weighted by atomic mass is 10.00. The summed E-state index contributed by atoms with van der Waals surface area (Å²) in [5, 5.41) is 0. The minimum Gasteiger partial charge on any atom is -0.496 e. The molecule has 0 spiro atoms. The van der Waals surface area contributed by atoms with Gasteiger partial charge in [-0.05, 0) is 33.1 Å². The monoisotopic (exact) mass is 277 g/mol. The van der Waals surface area contributed by atoms with Crippen molar-refractivity contribution in [3.63, 3.8) is 0 Å². The third-order valence-electron chi connectivity index (χ3n) is 3.84. The third kappa shape index (κ3) is 3.57. The predicted molar refractivity (Wildman–Crippen MR) is 77.2 cm³/mol. The van der Waals surface area contributed by atoms with E-state index in [1.165, 1.54) is 0 Å². The first-order chi connectivity index (χ1) is 9.61. The van der Waals surface area contributed by atoms with Crippen LogP contribution in [-0.4, -0.2) is 30.6 Å². The molecule has 0 aromatic carbocycles. The summed E-state index contributed by atoms with van der Waals surface area (Å²) in [6, 6.07) is 0. The zero-order valence-corrected chi connectivity index (χ0v) is 12.6. The molecule has 0 N–H and O–H groups in total. The zero-order valence-electron chi connectivity index (χ0n) is 12.6. The van der Waals surface area contributed by atoms with Gasteiger partial charge in [-0.3, -0.25) is 9.78 Å². The van der Waals surface area contributed by atoms with Crippen molar-refractivity contribution in [2.24, 2.45) is 0 Å². The Labute approximate surface area is 120 Å². The molecule has 1 unspecified atom stereocenters. The number of pyridine rings is 1. The summed E-state index contributed by atoms with van der Waals surface area (Å²) >= 11 is 0. The highest BCUT2D eigenvalue weighted by Gasteiger charge is 2.19. The van der Waals surface area contributed by atoms with E-state index < -0.39 is 0 Å². The Morgan fingerprint density at radius 2 is 2.25 bits per heavy atom. The van der Waals surface area contributed by atoms with Crippen LogP contribution in [0.15, 0.2) is 6.20 Å². The van der Waals surface area contributed by atoms with E-state index in [2.05, 4.69) is 4.98 Å². The average Bonchev–Trinajstić information content (AvgIpc) is 2.44. The first-order valence-corrected chi connectivity index (χ1v) is 7.24. The fourth-order valence-corrected chi connectivity index (χ4v) is 2.73. The number of ketones is 1. The van der Waals surface area contributed by atoms with E-state index in [1.54, 1.807) is 13.3 Å². The van der Waals surface area contributed by atoms with Gasteiger partial charge >= 0.3 is 0 Å². The Hall–Kier alpha value is -1.42. The molecule has 2 heterocycles. The summed E-state index contributed by atoms with van der Waals surface area (Å²) in [6.07, 6.45) is 6.00. The highest BCUT2D eigenvalue weighted by Crippen LogP contribution is 2.25. The zero-order chi connectivity index (χ0) is 14.5. The molecule has 0 amide bonds. The molecule has 1 fully saturated rings. The molecule has 1 aliphatic rings. The molecular weight excluding hydrogens is 254 g/mol. The average molecular weight is 277 g/mol. The second-order valence-electron chi connectivity index (χ2n) is 5.45. The van der Waals surface area contributed by atoms with E-state index >= 15 is 0 Å². The molecule has 4 nitrogen and oxygen atoms in total. The molecule has 0 radical (unpaired) electrons. The second-order valence-corrected chi connectivity index (χ2v) is 5.45. The van der Waals surface area contributed by atoms with Crippen molar-refractivity contribution in [1.82, 2.24) is 4.98 Å². The number of aryl methyl sites for hydroxylation is 1. The van der Waals surface area contributed by atoms with Crippen LogP contribution in [0.3, 0.4) is 0 Å². The smallest absolute Gasteiger partial charge is 0.141 e. The van der Waals surface area contributed by atoms with Crippen LogP contribution in [0.25, 0.3) is 0 Å². The molecule has 0 bridgehead atoms. The number of carbonyl (C=O) groups is 1. The predicted octanol–water partition coefficient (Wildman–Crippen LogP) is 2.78. The quantitative estimate of drug-likeness (QED) is 0.830. The van der Waals surface area contributed by atoms with Crippen LogP contribution in [0.2, 0.25) is 0 Å². The lowest BCUT2D eigenvalue weighted by molar-refractivity contribution is -0.122. The maximum atomic E-state index is 12.2. The molecule has 20 heavy (non-hydrogen) atoms. The van der Waals surface area contributed by atoms with Crippen molar-refractivity contribution in [1.29, 1.82) is 0 Å². The van der Waals surface area contributed by atoms with E-state index in [9.17, 15) is 4.79 Å². The maximum absolute atomic E-state index is 12.2. The Kier molecular flexibility index (Phi) is 5.12. The fourth-order valence-electron chi connectivity index (χ4n) is 2.73. The summed E-state index contributed by atoms with van der Waals surface area (Å²) < 4.78 is 11.0. The molecule has 110 valence electrons. The molecule has 1 aliphatic heterocycles. The van der Waals surface area contributed by atoms with Crippen molar-refractivity contribution < 1.29 is 14.3 Å². The number of methoxy groups -OCH3 is 1. The van der Waals surface area contributed by atoms with Gasteiger partial charge in [0.05, 0.1) is 18.9 Å². The molecule has 1 saturated heterocycles. The Morgan fingerprint density at radius 1 is 1.45 bits per heavy atom. The second kappa shape index (κ2) is 6.84. The number of aromatic nitrogens is 1. The topological polar surface area (TPSA) is 48.4 Å². The molecule has 0 saturated carbocycles. The lowest BCUT2D eigenvalue weighted by Crippen LogP contribution is -2.23. The molecule has 1 aromatic rings. The van der Waals surface area contributed by atoms with Gasteiger partial charge < -0.3 is 9.47 Å². The molecule has 1 aromatic heterocycles. The number of Topliss-reactive ketones (excluding diaryl/α,β-unsaturated/α-hetero) is 1. The Balaban J connectivity index is 2.00. The highest BCUT2D eigenvalue weighted by atomic mass is 16.5. The molecule has 4 heteroatoms. The lowest BCUT2D eigenvalue weighted by Gasteiger charge is -2.22. The van der Waals surface area contributed by atoms with Gasteiger partial charge in [0.15, 0.2) is 0 Å². The normalized spacial score (nSPS) is 18.9. The Morgan fingerprint density at radius 3 is 2.90 bits per heavy atom. The van der Waals surface area contributed by atoms with Gasteiger partial charge in [-0.1, -0.05) is 0 Å². The largest absolute Gasteiger partial charge is 0.496 e. The van der Waals surface area contributed by atoms with Gasteiger partial charge in [0.25, 0.3) is 0 Å². The molecule has 2 rings (SSSR count). The number of ether oxygens (including phenoxy) is 2. The minimum atomic E-state index is 0.101. The number of hydrogen-bond donors (Lipinski definition) is 0. The first kappa shape index (κ1) is 15.0. The molecule has 0 aliphatic carbocycles. The van der Waals surface area contributed by atoms with Crippen LogP contribution < -0.4 is 4.74 Å². The van der Waals surface area contributed by atoms with E-state index in [0.717, 1.165) is 48.4 Å². The SMILES string of the molecule is COc1c(C)cnc(CC(=O)CC2CCCCO2)c1C. The first-order valence-electron chi connectivity index (χ1n) is 7.24. The third-order valence-corrected chi connectivity index (χ3v) is 3.84. The van der Waals surface area contributed by atoms with Crippen molar-refractivity contribution in [3.05, 3.63) is 23.0 Å². The van der Waals surface area contributed by atoms with E-state index in [1.807, 2.05) is 13.8 Å². The maximum Gasteiger partial charge on any atom is 0.141 e. The number of rotatable bonds is 5. The Bertz CT molecular complexity index is 479. The number of carbonyl (C=O) groups excluding carboxylic acids is 1. The summed E-state index contributed by atoms with van der Waals surface area (Å²) in [4.78, 5) is 16.5. The molecular formula is C16H23NO3. The van der Waals surface area contributed by atoms with Crippen LogP contribution in [0.5, 0.6) is 5.75 Å². The standard InChI is InChI=1S/C16H23NO3/c1-11-10-17-15(12(2)16(11)19-3)9-13(18)8-14-6-4-5-7-20-14/h10,14H,4-9H2,1-3H3. The highest BCUT2D eigenvalue weighted by molar-refractivity contribution is 5.81. The van der Waals surface area contributed by atoms with Crippen LogP contribution in [0.4, 0.5) is 0 Å². The van der Waals surface area contributed by atoms with E-state index in [-0.39, 0.29) is 11.9 Å². The van der Waals surface area contributed by atoms with Gasteiger partial charge in [-0.2, -0.15) is 0 Å². The van der Waals surface area contributed by atoms with Gasteiger partial charge in [0.2, 0.25) is 0 Å². The summed E-state index contributed by atoms with van der Waals surface area (Å²) in [6.45, 7) is 4.70. The number of nitrogens with zero attached hydrogens (tertiary/aromatic N) is 1. The van der Waals surface area contributed by atoms with Crippen molar-refractivity contribution in [3.8, 4) is 5.75 Å². The minimum absolute atomic E-state index is 0.101. The van der Waals surface area contributed by atoms with Crippen molar-refractivity contribution in [2.45, 2.75) is 52.1 Å². The van der Waals surface area contributed by atoms with Crippen LogP contribution in [0, 0.1) is 13.8 Å². The van der Waals surface area contributed by atoms with Crippen molar-refractivity contribution >= 4 is 5.78 Å². The van der Waals surface area contributed by atoms with Gasteiger partial charge in [-0.25, -0.2) is 0 Å².